The average Bonchev–Trinajstić information content (AvgIpc) is 2.84. The van der Waals surface area contributed by atoms with Crippen molar-refractivity contribution >= 4 is 0 Å². The Morgan fingerprint density at radius 2 is 2.00 bits per heavy atom. The van der Waals surface area contributed by atoms with Crippen LogP contribution in [0.4, 0.5) is 4.39 Å². The molecule has 21 heavy (non-hydrogen) atoms. The number of furan rings is 1. The van der Waals surface area contributed by atoms with Gasteiger partial charge in [0.25, 0.3) is 0 Å². The summed E-state index contributed by atoms with van der Waals surface area (Å²) < 4.78 is 19.5. The Bertz CT molecular complexity index is 580. The van der Waals surface area contributed by atoms with Gasteiger partial charge in [0, 0.05) is 18.7 Å². The first-order valence-corrected chi connectivity index (χ1v) is 7.30. The molecule has 0 amide bonds. The van der Waals surface area contributed by atoms with Gasteiger partial charge < -0.3 is 9.73 Å². The largest absolute Gasteiger partial charge is 0.465 e. The molecule has 0 aliphatic carbocycles. The molecule has 0 saturated heterocycles. The van der Waals surface area contributed by atoms with Crippen molar-refractivity contribution in [2.75, 3.05) is 13.6 Å². The quantitative estimate of drug-likeness (QED) is 0.846. The van der Waals surface area contributed by atoms with Crippen molar-refractivity contribution in [1.82, 2.24) is 10.2 Å². The summed E-state index contributed by atoms with van der Waals surface area (Å²) >= 11 is 0. The SMILES string of the molecule is CCNCc1ccc(F)c(CN(C)Cc2ccc(C)o2)c1. The van der Waals surface area contributed by atoms with Crippen LogP contribution in [-0.2, 0) is 19.6 Å². The van der Waals surface area contributed by atoms with Crippen LogP contribution in [0.15, 0.2) is 34.7 Å². The molecular formula is C17H23FN2O. The van der Waals surface area contributed by atoms with Crippen molar-refractivity contribution in [2.24, 2.45) is 0 Å². The van der Waals surface area contributed by atoms with Crippen LogP contribution in [0.5, 0.6) is 0 Å². The molecule has 0 aliphatic heterocycles. The highest BCUT2D eigenvalue weighted by atomic mass is 19.1. The van der Waals surface area contributed by atoms with E-state index < -0.39 is 0 Å². The summed E-state index contributed by atoms with van der Waals surface area (Å²) in [5, 5.41) is 3.26. The monoisotopic (exact) mass is 290 g/mol. The summed E-state index contributed by atoms with van der Waals surface area (Å²) in [6, 6.07) is 9.22. The standard InChI is InChI=1S/C17H23FN2O/c1-4-19-10-14-6-8-17(18)15(9-14)11-20(3)12-16-7-5-13(2)21-16/h5-9,19H,4,10-12H2,1-3H3. The number of hydrogen-bond donors (Lipinski definition) is 1. The molecule has 0 saturated carbocycles. The lowest BCUT2D eigenvalue weighted by molar-refractivity contribution is 0.281. The van der Waals surface area contributed by atoms with E-state index in [1.807, 2.05) is 43.1 Å². The zero-order valence-corrected chi connectivity index (χ0v) is 12.9. The van der Waals surface area contributed by atoms with Crippen LogP contribution in [0.3, 0.4) is 0 Å². The molecule has 1 N–H and O–H groups in total. The van der Waals surface area contributed by atoms with E-state index in [1.54, 1.807) is 6.07 Å². The second-order valence-corrected chi connectivity index (χ2v) is 5.39. The molecular weight excluding hydrogens is 267 g/mol. The summed E-state index contributed by atoms with van der Waals surface area (Å²) in [7, 11) is 1.97. The maximum Gasteiger partial charge on any atom is 0.127 e. The highest BCUT2D eigenvalue weighted by Gasteiger charge is 2.09. The van der Waals surface area contributed by atoms with E-state index >= 15 is 0 Å². The number of aryl methyl sites for hydroxylation is 1. The van der Waals surface area contributed by atoms with Crippen molar-refractivity contribution in [3.05, 3.63) is 58.8 Å². The predicted molar refractivity (Wildman–Crippen MR) is 82.4 cm³/mol. The second kappa shape index (κ2) is 7.38. The number of benzene rings is 1. The van der Waals surface area contributed by atoms with Crippen LogP contribution < -0.4 is 5.32 Å². The highest BCUT2D eigenvalue weighted by Crippen LogP contribution is 2.15. The van der Waals surface area contributed by atoms with E-state index in [9.17, 15) is 4.39 Å². The molecule has 0 atom stereocenters. The number of nitrogens with one attached hydrogen (secondary N) is 1. The number of hydrogen-bond acceptors (Lipinski definition) is 3. The molecule has 114 valence electrons. The lowest BCUT2D eigenvalue weighted by atomic mass is 10.1. The van der Waals surface area contributed by atoms with E-state index in [0.717, 1.165) is 35.7 Å². The maximum atomic E-state index is 13.9. The van der Waals surface area contributed by atoms with Crippen molar-refractivity contribution < 1.29 is 8.81 Å². The minimum atomic E-state index is -0.155. The van der Waals surface area contributed by atoms with Gasteiger partial charge in [0.15, 0.2) is 0 Å². The molecule has 0 aliphatic rings. The molecule has 2 aromatic rings. The van der Waals surface area contributed by atoms with Crippen molar-refractivity contribution in [1.29, 1.82) is 0 Å². The number of halogens is 1. The molecule has 3 nitrogen and oxygen atoms in total. The van der Waals surface area contributed by atoms with E-state index in [-0.39, 0.29) is 5.82 Å². The Kier molecular flexibility index (Phi) is 5.53. The molecule has 0 radical (unpaired) electrons. The van der Waals surface area contributed by atoms with Crippen LogP contribution in [0.2, 0.25) is 0 Å². The van der Waals surface area contributed by atoms with Crippen LogP contribution in [-0.4, -0.2) is 18.5 Å². The topological polar surface area (TPSA) is 28.4 Å². The Labute approximate surface area is 125 Å². The normalized spacial score (nSPS) is 11.3. The van der Waals surface area contributed by atoms with Gasteiger partial charge in [0.2, 0.25) is 0 Å². The van der Waals surface area contributed by atoms with Gasteiger partial charge in [-0.2, -0.15) is 0 Å². The minimum absolute atomic E-state index is 0.155. The lowest BCUT2D eigenvalue weighted by Crippen LogP contribution is -2.18. The fourth-order valence-electron chi connectivity index (χ4n) is 2.31. The third-order valence-electron chi connectivity index (χ3n) is 3.35. The van der Waals surface area contributed by atoms with E-state index in [1.165, 1.54) is 0 Å². The zero-order valence-electron chi connectivity index (χ0n) is 12.9. The van der Waals surface area contributed by atoms with Gasteiger partial charge in [0.05, 0.1) is 6.54 Å². The van der Waals surface area contributed by atoms with Gasteiger partial charge in [0.1, 0.15) is 17.3 Å². The minimum Gasteiger partial charge on any atom is -0.465 e. The van der Waals surface area contributed by atoms with Gasteiger partial charge in [-0.1, -0.05) is 19.1 Å². The Balaban J connectivity index is 2.00. The summed E-state index contributed by atoms with van der Waals surface area (Å²) in [4.78, 5) is 2.05. The summed E-state index contributed by atoms with van der Waals surface area (Å²) in [6.07, 6.45) is 0. The van der Waals surface area contributed by atoms with Crippen LogP contribution in [0, 0.1) is 12.7 Å². The van der Waals surface area contributed by atoms with Gasteiger partial charge >= 0.3 is 0 Å². The van der Waals surface area contributed by atoms with Gasteiger partial charge in [-0.15, -0.1) is 0 Å². The summed E-state index contributed by atoms with van der Waals surface area (Å²) in [5.74, 6) is 1.65. The van der Waals surface area contributed by atoms with E-state index in [2.05, 4.69) is 12.2 Å². The average molecular weight is 290 g/mol. The highest BCUT2D eigenvalue weighted by molar-refractivity contribution is 5.25. The first-order valence-electron chi connectivity index (χ1n) is 7.30. The Morgan fingerprint density at radius 3 is 2.67 bits per heavy atom. The van der Waals surface area contributed by atoms with Crippen molar-refractivity contribution in [3.8, 4) is 0 Å². The number of nitrogens with zero attached hydrogens (tertiary/aromatic N) is 1. The predicted octanol–water partition coefficient (Wildman–Crippen LogP) is 3.47. The molecule has 1 aromatic heterocycles. The van der Waals surface area contributed by atoms with E-state index in [0.29, 0.717) is 13.1 Å². The third-order valence-corrected chi connectivity index (χ3v) is 3.35. The first kappa shape index (κ1) is 15.7. The molecule has 0 spiro atoms. The first-order chi connectivity index (χ1) is 10.1. The summed E-state index contributed by atoms with van der Waals surface area (Å²) in [6.45, 7) is 6.89. The smallest absolute Gasteiger partial charge is 0.127 e. The van der Waals surface area contributed by atoms with Crippen LogP contribution in [0.25, 0.3) is 0 Å². The molecule has 1 heterocycles. The van der Waals surface area contributed by atoms with Gasteiger partial charge in [-0.25, -0.2) is 4.39 Å². The lowest BCUT2D eigenvalue weighted by Gasteiger charge is -2.16. The van der Waals surface area contributed by atoms with Crippen LogP contribution in [0.1, 0.15) is 29.6 Å². The fourth-order valence-corrected chi connectivity index (χ4v) is 2.31. The third kappa shape index (κ3) is 4.69. The molecule has 2 rings (SSSR count). The van der Waals surface area contributed by atoms with Crippen molar-refractivity contribution in [2.45, 2.75) is 33.5 Å². The molecule has 1 aromatic carbocycles. The Hall–Kier alpha value is -1.65. The Morgan fingerprint density at radius 1 is 1.19 bits per heavy atom. The van der Waals surface area contributed by atoms with Crippen molar-refractivity contribution in [3.63, 3.8) is 0 Å². The van der Waals surface area contributed by atoms with E-state index in [4.69, 9.17) is 4.42 Å². The molecule has 0 bridgehead atoms. The van der Waals surface area contributed by atoms with Crippen LogP contribution >= 0.6 is 0 Å². The molecule has 4 heteroatoms. The molecule has 0 fully saturated rings. The fraction of sp³-hybridized carbons (Fsp3) is 0.412. The molecule has 0 unspecified atom stereocenters. The second-order valence-electron chi connectivity index (χ2n) is 5.39. The zero-order chi connectivity index (χ0) is 15.2. The van der Waals surface area contributed by atoms with Gasteiger partial charge in [-0.05, 0) is 44.3 Å². The summed E-state index contributed by atoms with van der Waals surface area (Å²) in [5.41, 5.74) is 1.83. The number of rotatable bonds is 7. The maximum absolute atomic E-state index is 13.9. The van der Waals surface area contributed by atoms with Gasteiger partial charge in [-0.3, -0.25) is 4.90 Å².